The van der Waals surface area contributed by atoms with Crippen molar-refractivity contribution in [1.29, 1.82) is 0 Å². The second kappa shape index (κ2) is 7.89. The fourth-order valence-electron chi connectivity index (χ4n) is 3.02. The summed E-state index contributed by atoms with van der Waals surface area (Å²) in [6.07, 6.45) is 3.33. The molecule has 6 nitrogen and oxygen atoms in total. The largest absolute Gasteiger partial charge is 0.480 e. The second-order valence-electron chi connectivity index (χ2n) is 5.69. The summed E-state index contributed by atoms with van der Waals surface area (Å²) in [5.74, 6) is 0.329. The molecule has 1 saturated carbocycles. The van der Waals surface area contributed by atoms with Crippen LogP contribution in [0.1, 0.15) is 26.2 Å². The molecule has 2 amide bonds. The van der Waals surface area contributed by atoms with Gasteiger partial charge in [0.05, 0.1) is 6.54 Å². The van der Waals surface area contributed by atoms with Crippen molar-refractivity contribution >= 4 is 23.8 Å². The zero-order valence-electron chi connectivity index (χ0n) is 12.6. The molecule has 2 atom stereocenters. The molecule has 2 fully saturated rings. The van der Waals surface area contributed by atoms with Gasteiger partial charge in [-0.05, 0) is 25.0 Å². The first-order valence-electron chi connectivity index (χ1n) is 7.69. The van der Waals surface area contributed by atoms with Crippen LogP contribution in [0.3, 0.4) is 0 Å². The van der Waals surface area contributed by atoms with Gasteiger partial charge < -0.3 is 15.3 Å². The molecule has 1 saturated heterocycles. The molecular formula is C14H25N3O3S. The van der Waals surface area contributed by atoms with Gasteiger partial charge in [-0.25, -0.2) is 4.79 Å². The minimum Gasteiger partial charge on any atom is -0.480 e. The van der Waals surface area contributed by atoms with Crippen molar-refractivity contribution in [2.45, 2.75) is 37.5 Å². The average Bonchev–Trinajstić information content (AvgIpc) is 2.86. The minimum absolute atomic E-state index is 0.0112. The van der Waals surface area contributed by atoms with Crippen LogP contribution in [0.5, 0.6) is 0 Å². The maximum Gasteiger partial charge on any atom is 0.317 e. The number of carbonyl (C=O) groups is 2. The summed E-state index contributed by atoms with van der Waals surface area (Å²) in [4.78, 5) is 26.6. The van der Waals surface area contributed by atoms with Crippen molar-refractivity contribution in [3.63, 3.8) is 0 Å². The van der Waals surface area contributed by atoms with E-state index in [-0.39, 0.29) is 12.6 Å². The molecule has 1 aliphatic carbocycles. The van der Waals surface area contributed by atoms with Crippen molar-refractivity contribution in [1.82, 2.24) is 15.1 Å². The molecular weight excluding hydrogens is 290 g/mol. The Kier molecular flexibility index (Phi) is 6.17. The highest BCUT2D eigenvalue weighted by Crippen LogP contribution is 2.29. The maximum absolute atomic E-state index is 12.2. The number of piperazine rings is 1. The smallest absolute Gasteiger partial charge is 0.317 e. The first kappa shape index (κ1) is 16.4. The number of carboxylic acids is 1. The van der Waals surface area contributed by atoms with Crippen molar-refractivity contribution < 1.29 is 14.7 Å². The van der Waals surface area contributed by atoms with E-state index in [0.717, 1.165) is 18.6 Å². The van der Waals surface area contributed by atoms with Crippen molar-refractivity contribution in [3.05, 3.63) is 0 Å². The monoisotopic (exact) mass is 315 g/mol. The standard InChI is InChI=1S/C14H25N3O3S/c1-2-21-12-4-3-11(9-12)15-14(20)17-7-5-16(6-8-17)10-13(18)19/h11-12H,2-10H2,1H3,(H,15,20)(H,18,19). The highest BCUT2D eigenvalue weighted by molar-refractivity contribution is 7.99. The van der Waals surface area contributed by atoms with Gasteiger partial charge in [0.2, 0.25) is 0 Å². The van der Waals surface area contributed by atoms with Crippen LogP contribution in [0.15, 0.2) is 0 Å². The molecule has 21 heavy (non-hydrogen) atoms. The molecule has 0 aromatic carbocycles. The predicted octanol–water partition coefficient (Wildman–Crippen LogP) is 1.07. The van der Waals surface area contributed by atoms with Gasteiger partial charge >= 0.3 is 12.0 Å². The number of urea groups is 1. The van der Waals surface area contributed by atoms with E-state index in [9.17, 15) is 9.59 Å². The number of carbonyl (C=O) groups excluding carboxylic acids is 1. The summed E-state index contributed by atoms with van der Waals surface area (Å²) in [5, 5.41) is 12.6. The van der Waals surface area contributed by atoms with Crippen LogP contribution >= 0.6 is 11.8 Å². The Labute approximate surface area is 130 Å². The third-order valence-corrected chi connectivity index (χ3v) is 5.37. The van der Waals surface area contributed by atoms with Crippen LogP contribution in [0.2, 0.25) is 0 Å². The number of hydrogen-bond acceptors (Lipinski definition) is 4. The van der Waals surface area contributed by atoms with Crippen LogP contribution in [0.25, 0.3) is 0 Å². The lowest BCUT2D eigenvalue weighted by molar-refractivity contribution is -0.138. The van der Waals surface area contributed by atoms with E-state index >= 15 is 0 Å². The SMILES string of the molecule is CCSC1CCC(NC(=O)N2CCN(CC(=O)O)CC2)C1. The van der Waals surface area contributed by atoms with Gasteiger partial charge in [-0.3, -0.25) is 9.69 Å². The molecule has 1 heterocycles. The molecule has 0 radical (unpaired) electrons. The lowest BCUT2D eigenvalue weighted by atomic mass is 10.2. The lowest BCUT2D eigenvalue weighted by Gasteiger charge is -2.34. The summed E-state index contributed by atoms with van der Waals surface area (Å²) in [6.45, 7) is 4.73. The molecule has 2 N–H and O–H groups in total. The average molecular weight is 315 g/mol. The quantitative estimate of drug-likeness (QED) is 0.794. The number of thioether (sulfide) groups is 1. The molecule has 0 aromatic heterocycles. The topological polar surface area (TPSA) is 72.9 Å². The van der Waals surface area contributed by atoms with E-state index < -0.39 is 5.97 Å². The molecule has 0 aromatic rings. The maximum atomic E-state index is 12.2. The molecule has 1 aliphatic heterocycles. The normalized spacial score (nSPS) is 26.8. The Morgan fingerprint density at radius 1 is 1.24 bits per heavy atom. The number of rotatable bonds is 5. The number of aliphatic carboxylic acids is 1. The molecule has 2 aliphatic rings. The molecule has 0 bridgehead atoms. The molecule has 2 unspecified atom stereocenters. The number of nitrogens with zero attached hydrogens (tertiary/aromatic N) is 2. The van der Waals surface area contributed by atoms with E-state index in [1.807, 2.05) is 16.7 Å². The third kappa shape index (κ3) is 5.07. The van der Waals surface area contributed by atoms with E-state index in [1.54, 1.807) is 4.90 Å². The van der Waals surface area contributed by atoms with Crippen molar-refractivity contribution in [2.24, 2.45) is 0 Å². The van der Waals surface area contributed by atoms with Crippen LogP contribution in [-0.4, -0.2) is 76.7 Å². The Hall–Kier alpha value is -0.950. The van der Waals surface area contributed by atoms with Crippen LogP contribution < -0.4 is 5.32 Å². The van der Waals surface area contributed by atoms with Gasteiger partial charge in [-0.2, -0.15) is 11.8 Å². The van der Waals surface area contributed by atoms with E-state index in [1.165, 1.54) is 6.42 Å². The highest BCUT2D eigenvalue weighted by atomic mass is 32.2. The minimum atomic E-state index is -0.807. The van der Waals surface area contributed by atoms with Gasteiger partial charge in [0.1, 0.15) is 0 Å². The number of carboxylic acid groups (broad SMARTS) is 1. The van der Waals surface area contributed by atoms with Crippen molar-refractivity contribution in [2.75, 3.05) is 38.5 Å². The highest BCUT2D eigenvalue weighted by Gasteiger charge is 2.28. The van der Waals surface area contributed by atoms with Crippen LogP contribution in [0.4, 0.5) is 4.79 Å². The second-order valence-corrected chi connectivity index (χ2v) is 7.27. The molecule has 7 heteroatoms. The van der Waals surface area contributed by atoms with E-state index in [0.29, 0.717) is 37.5 Å². The summed E-state index contributed by atoms with van der Waals surface area (Å²) in [5.41, 5.74) is 0. The van der Waals surface area contributed by atoms with E-state index in [2.05, 4.69) is 12.2 Å². The zero-order chi connectivity index (χ0) is 15.2. The summed E-state index contributed by atoms with van der Waals surface area (Å²) in [7, 11) is 0. The first-order valence-corrected chi connectivity index (χ1v) is 8.74. The number of amides is 2. The van der Waals surface area contributed by atoms with Crippen LogP contribution in [-0.2, 0) is 4.79 Å². The van der Waals surface area contributed by atoms with E-state index in [4.69, 9.17) is 5.11 Å². The molecule has 2 rings (SSSR count). The van der Waals surface area contributed by atoms with Gasteiger partial charge in [0.15, 0.2) is 0 Å². The Morgan fingerprint density at radius 2 is 1.95 bits per heavy atom. The molecule has 120 valence electrons. The number of hydrogen-bond donors (Lipinski definition) is 2. The van der Waals surface area contributed by atoms with Gasteiger partial charge in [-0.1, -0.05) is 6.92 Å². The van der Waals surface area contributed by atoms with Gasteiger partial charge in [-0.15, -0.1) is 0 Å². The first-order chi connectivity index (χ1) is 10.1. The van der Waals surface area contributed by atoms with Crippen LogP contribution in [0, 0.1) is 0 Å². The zero-order valence-corrected chi connectivity index (χ0v) is 13.4. The fourth-order valence-corrected chi connectivity index (χ4v) is 4.17. The lowest BCUT2D eigenvalue weighted by Crippen LogP contribution is -2.53. The predicted molar refractivity (Wildman–Crippen MR) is 83.7 cm³/mol. The van der Waals surface area contributed by atoms with Gasteiger partial charge in [0, 0.05) is 37.5 Å². The Balaban J connectivity index is 1.69. The number of nitrogens with one attached hydrogen (secondary N) is 1. The molecule has 0 spiro atoms. The fraction of sp³-hybridized carbons (Fsp3) is 0.857. The Bertz CT molecular complexity index is 372. The summed E-state index contributed by atoms with van der Waals surface area (Å²) in [6, 6.07) is 0.315. The third-order valence-electron chi connectivity index (χ3n) is 4.13. The van der Waals surface area contributed by atoms with Gasteiger partial charge in [0.25, 0.3) is 0 Å². The summed E-state index contributed by atoms with van der Waals surface area (Å²) < 4.78 is 0. The van der Waals surface area contributed by atoms with Crippen molar-refractivity contribution in [3.8, 4) is 0 Å². The summed E-state index contributed by atoms with van der Waals surface area (Å²) >= 11 is 1.98. The Morgan fingerprint density at radius 3 is 2.57 bits per heavy atom.